The van der Waals surface area contributed by atoms with Crippen LogP contribution in [0.5, 0.6) is 5.75 Å². The van der Waals surface area contributed by atoms with Gasteiger partial charge in [-0.2, -0.15) is 9.97 Å². The molecule has 0 saturated heterocycles. The van der Waals surface area contributed by atoms with Crippen molar-refractivity contribution < 1.29 is 9.53 Å². The maximum absolute atomic E-state index is 12.5. The van der Waals surface area contributed by atoms with E-state index in [1.807, 2.05) is 30.5 Å². The second-order valence-electron chi connectivity index (χ2n) is 8.19. The van der Waals surface area contributed by atoms with Gasteiger partial charge >= 0.3 is 0 Å². The Morgan fingerprint density at radius 2 is 2.07 bits per heavy atom. The number of aromatic amines is 1. The summed E-state index contributed by atoms with van der Waals surface area (Å²) >= 11 is 0. The van der Waals surface area contributed by atoms with Crippen LogP contribution in [0, 0.1) is 0 Å². The fraction of sp³-hybridized carbons (Fsp3) is 0.381. The number of carbonyl (C=O) groups is 1. The lowest BCUT2D eigenvalue weighted by Crippen LogP contribution is -2.50. The molecule has 1 aliphatic carbocycles. The maximum atomic E-state index is 12.5. The highest BCUT2D eigenvalue weighted by Gasteiger charge is 2.39. The van der Waals surface area contributed by atoms with Crippen LogP contribution in [-0.2, 0) is 4.79 Å². The largest absolute Gasteiger partial charge is 0.476 e. The van der Waals surface area contributed by atoms with E-state index in [-0.39, 0.29) is 5.91 Å². The van der Waals surface area contributed by atoms with Crippen molar-refractivity contribution in [1.29, 1.82) is 0 Å². The van der Waals surface area contributed by atoms with Gasteiger partial charge in [0.1, 0.15) is 17.2 Å². The third-order valence-corrected chi connectivity index (χ3v) is 5.62. The van der Waals surface area contributed by atoms with Crippen molar-refractivity contribution in [3.63, 3.8) is 0 Å². The normalized spacial score (nSPS) is 18.2. The highest BCUT2D eigenvalue weighted by atomic mass is 16.5. The van der Waals surface area contributed by atoms with Gasteiger partial charge in [-0.3, -0.25) is 4.79 Å². The Kier molecular flexibility index (Phi) is 3.90. The van der Waals surface area contributed by atoms with Gasteiger partial charge < -0.3 is 25.3 Å². The van der Waals surface area contributed by atoms with Gasteiger partial charge in [-0.1, -0.05) is 0 Å². The summed E-state index contributed by atoms with van der Waals surface area (Å²) in [4.78, 5) is 26.6. The van der Waals surface area contributed by atoms with Gasteiger partial charge in [0.25, 0.3) is 5.91 Å². The molecule has 2 aliphatic rings. The minimum absolute atomic E-state index is 0.0850. The number of H-pyrrole nitrogens is 1. The highest BCUT2D eigenvalue weighted by Crippen LogP contribution is 2.39. The van der Waals surface area contributed by atoms with E-state index in [1.165, 1.54) is 19.3 Å². The summed E-state index contributed by atoms with van der Waals surface area (Å²) in [5.74, 6) is 1.92. The van der Waals surface area contributed by atoms with Crippen LogP contribution in [0.3, 0.4) is 0 Å². The molecule has 1 saturated carbocycles. The summed E-state index contributed by atoms with van der Waals surface area (Å²) in [7, 11) is 1.76. The van der Waals surface area contributed by atoms with Crippen LogP contribution in [0.25, 0.3) is 11.0 Å². The number of likely N-dealkylation sites (N-methyl/N-ethyl adjacent to an activating group) is 1. The molecule has 1 amide bonds. The predicted molar refractivity (Wildman–Crippen MR) is 113 cm³/mol. The van der Waals surface area contributed by atoms with Gasteiger partial charge in [0, 0.05) is 25.0 Å². The molecular weight excluding hydrogens is 368 g/mol. The van der Waals surface area contributed by atoms with Gasteiger partial charge in [-0.05, 0) is 57.4 Å². The van der Waals surface area contributed by atoms with Crippen LogP contribution in [0.2, 0.25) is 0 Å². The molecule has 1 aliphatic heterocycles. The Hall–Kier alpha value is -3.29. The van der Waals surface area contributed by atoms with E-state index in [2.05, 4.69) is 20.6 Å². The average Bonchev–Trinajstić information content (AvgIpc) is 3.12. The number of hydrogen-bond acceptors (Lipinski definition) is 6. The van der Waals surface area contributed by atoms with Gasteiger partial charge in [0.05, 0.1) is 11.1 Å². The molecule has 3 aromatic rings. The Morgan fingerprint density at radius 3 is 2.83 bits per heavy atom. The second-order valence-corrected chi connectivity index (χ2v) is 8.19. The summed E-state index contributed by atoms with van der Waals surface area (Å²) in [5, 5.41) is 7.77. The predicted octanol–water partition coefficient (Wildman–Crippen LogP) is 3.80. The number of aromatic nitrogens is 3. The molecule has 5 rings (SSSR count). The van der Waals surface area contributed by atoms with Crippen molar-refractivity contribution in [1.82, 2.24) is 15.0 Å². The fourth-order valence-electron chi connectivity index (χ4n) is 3.76. The standard InChI is InChI=1S/C21H24N6O2/c1-21(2)19(28)27(3)15-11-13(7-8-16(15)29-21)24-20-25-17-14(9-10-22-17)18(26-20)23-12-5-4-6-12/h7-12H,4-6H2,1-3H3,(H3,22,23,24,25,26). The number of ether oxygens (including phenoxy) is 1. The van der Waals surface area contributed by atoms with Crippen molar-refractivity contribution in [2.24, 2.45) is 0 Å². The first-order valence-electron chi connectivity index (χ1n) is 9.91. The second kappa shape index (κ2) is 6.37. The fourth-order valence-corrected chi connectivity index (χ4v) is 3.76. The minimum atomic E-state index is -0.874. The molecule has 2 aromatic heterocycles. The van der Waals surface area contributed by atoms with E-state index in [4.69, 9.17) is 9.72 Å². The average molecular weight is 392 g/mol. The first-order valence-corrected chi connectivity index (χ1v) is 9.91. The van der Waals surface area contributed by atoms with E-state index < -0.39 is 5.60 Å². The van der Waals surface area contributed by atoms with E-state index in [0.717, 1.165) is 22.5 Å². The molecule has 0 spiro atoms. The van der Waals surface area contributed by atoms with Gasteiger partial charge in [0.2, 0.25) is 5.95 Å². The lowest BCUT2D eigenvalue weighted by atomic mass is 9.93. The molecule has 0 atom stereocenters. The Balaban J connectivity index is 1.46. The zero-order valence-corrected chi connectivity index (χ0v) is 16.7. The van der Waals surface area contributed by atoms with Crippen LogP contribution in [-0.4, -0.2) is 39.5 Å². The van der Waals surface area contributed by atoms with Crippen LogP contribution in [0.1, 0.15) is 33.1 Å². The number of anilines is 4. The summed E-state index contributed by atoms with van der Waals surface area (Å²) in [6, 6.07) is 8.10. The highest BCUT2D eigenvalue weighted by molar-refractivity contribution is 6.02. The van der Waals surface area contributed by atoms with E-state index >= 15 is 0 Å². The number of amides is 1. The van der Waals surface area contributed by atoms with E-state index in [1.54, 1.807) is 25.8 Å². The number of nitrogens with one attached hydrogen (secondary N) is 3. The topological polar surface area (TPSA) is 95.2 Å². The monoisotopic (exact) mass is 392 g/mol. The third-order valence-electron chi connectivity index (χ3n) is 5.62. The molecule has 3 heterocycles. The number of fused-ring (bicyclic) bond motifs is 2. The summed E-state index contributed by atoms with van der Waals surface area (Å²) in [6.45, 7) is 3.55. The number of carbonyl (C=O) groups excluding carboxylic acids is 1. The van der Waals surface area contributed by atoms with E-state index in [0.29, 0.717) is 23.4 Å². The molecule has 3 N–H and O–H groups in total. The molecular formula is C21H24N6O2. The van der Waals surface area contributed by atoms with Crippen molar-refractivity contribution in [2.75, 3.05) is 22.6 Å². The smallest absolute Gasteiger partial charge is 0.270 e. The maximum Gasteiger partial charge on any atom is 0.270 e. The molecule has 8 heteroatoms. The number of rotatable bonds is 4. The Labute approximate surface area is 168 Å². The summed E-state index contributed by atoms with van der Waals surface area (Å²) in [5.41, 5.74) is 1.40. The Bertz CT molecular complexity index is 1100. The number of hydrogen-bond donors (Lipinski definition) is 3. The lowest BCUT2D eigenvalue weighted by molar-refractivity contribution is -0.132. The molecule has 0 radical (unpaired) electrons. The summed E-state index contributed by atoms with van der Waals surface area (Å²) < 4.78 is 5.87. The quantitative estimate of drug-likeness (QED) is 0.625. The van der Waals surface area contributed by atoms with Gasteiger partial charge in [-0.25, -0.2) is 0 Å². The zero-order chi connectivity index (χ0) is 20.2. The third kappa shape index (κ3) is 3.04. The zero-order valence-electron chi connectivity index (χ0n) is 16.7. The first-order chi connectivity index (χ1) is 13.9. The molecule has 150 valence electrons. The number of nitrogens with zero attached hydrogens (tertiary/aromatic N) is 3. The molecule has 0 bridgehead atoms. The molecule has 1 fully saturated rings. The molecule has 8 nitrogen and oxygen atoms in total. The minimum Gasteiger partial charge on any atom is -0.476 e. The lowest BCUT2D eigenvalue weighted by Gasteiger charge is -2.37. The van der Waals surface area contributed by atoms with Crippen LogP contribution >= 0.6 is 0 Å². The van der Waals surface area contributed by atoms with Crippen molar-refractivity contribution >= 4 is 40.1 Å². The number of benzene rings is 1. The van der Waals surface area contributed by atoms with Crippen LogP contribution < -0.4 is 20.3 Å². The molecule has 0 unspecified atom stereocenters. The van der Waals surface area contributed by atoms with Gasteiger partial charge in [-0.15, -0.1) is 0 Å². The van der Waals surface area contributed by atoms with Crippen LogP contribution in [0.4, 0.5) is 23.1 Å². The summed E-state index contributed by atoms with van der Waals surface area (Å²) in [6.07, 6.45) is 5.46. The van der Waals surface area contributed by atoms with Crippen molar-refractivity contribution in [2.45, 2.75) is 44.8 Å². The van der Waals surface area contributed by atoms with Gasteiger partial charge in [0.15, 0.2) is 5.60 Å². The Morgan fingerprint density at radius 1 is 1.24 bits per heavy atom. The molecule has 29 heavy (non-hydrogen) atoms. The van der Waals surface area contributed by atoms with E-state index in [9.17, 15) is 4.79 Å². The SMILES string of the molecule is CN1C(=O)C(C)(C)Oc2ccc(Nc3nc(NC4CCC4)c4cc[nH]c4n3)cc21. The first kappa shape index (κ1) is 17.8. The molecule has 1 aromatic carbocycles. The van der Waals surface area contributed by atoms with Crippen LogP contribution in [0.15, 0.2) is 30.5 Å². The van der Waals surface area contributed by atoms with Crippen molar-refractivity contribution in [3.05, 3.63) is 30.5 Å². The van der Waals surface area contributed by atoms with Crippen molar-refractivity contribution in [3.8, 4) is 5.75 Å².